The summed E-state index contributed by atoms with van der Waals surface area (Å²) >= 11 is 0. The molecule has 0 saturated heterocycles. The van der Waals surface area contributed by atoms with Gasteiger partial charge in [-0.25, -0.2) is 0 Å². The molecule has 7 heteroatoms. The average Bonchev–Trinajstić information content (AvgIpc) is 2.65. The smallest absolute Gasteiger partial charge is 0.119 e. The number of aliphatic hydroxyl groups excluding tert-OH is 1. The van der Waals surface area contributed by atoms with E-state index in [0.29, 0.717) is 72.7 Å². The van der Waals surface area contributed by atoms with Gasteiger partial charge in [-0.2, -0.15) is 0 Å². The highest BCUT2D eigenvalue weighted by molar-refractivity contribution is 5.20. The number of aliphatic hydroxyl groups is 1. The van der Waals surface area contributed by atoms with Crippen LogP contribution in [-0.2, 0) is 23.7 Å². The Kier molecular flexibility index (Phi) is 15.4. The molecule has 0 aliphatic rings. The quantitative estimate of drug-likeness (QED) is 0.392. The fourth-order valence-corrected chi connectivity index (χ4v) is 1.73. The van der Waals surface area contributed by atoms with Crippen molar-refractivity contribution < 1.29 is 33.5 Å². The van der Waals surface area contributed by atoms with Crippen molar-refractivity contribution >= 4 is 0 Å². The molecule has 1 aromatic rings. The van der Waals surface area contributed by atoms with E-state index in [9.17, 15) is 0 Å². The van der Waals surface area contributed by atoms with Gasteiger partial charge in [0.25, 0.3) is 0 Å². The predicted octanol–water partition coefficient (Wildman–Crippen LogP) is 0.941. The van der Waals surface area contributed by atoms with Gasteiger partial charge in [0, 0.05) is 0 Å². The molecule has 1 N–H and O–H groups in total. The van der Waals surface area contributed by atoms with Gasteiger partial charge in [0.2, 0.25) is 0 Å². The molecular formula is C18H29O7. The first-order valence-electron chi connectivity index (χ1n) is 8.52. The summed E-state index contributed by atoms with van der Waals surface area (Å²) in [5, 5.41) is 8.51. The van der Waals surface area contributed by atoms with Crippen LogP contribution >= 0.6 is 0 Å². The SMILES string of the molecule is OCCOCCOCCOCCOCCOCCOc1cc[c]cc1. The van der Waals surface area contributed by atoms with E-state index in [1.807, 2.05) is 24.3 Å². The minimum atomic E-state index is 0.0363. The first-order chi connectivity index (χ1) is 12.4. The Morgan fingerprint density at radius 2 is 1.00 bits per heavy atom. The van der Waals surface area contributed by atoms with Gasteiger partial charge in [-0.15, -0.1) is 0 Å². The van der Waals surface area contributed by atoms with Crippen LogP contribution in [0, 0.1) is 6.07 Å². The van der Waals surface area contributed by atoms with Crippen LogP contribution in [0.2, 0.25) is 0 Å². The summed E-state index contributed by atoms with van der Waals surface area (Å²) in [6.45, 7) is 5.57. The molecule has 0 atom stereocenters. The Labute approximate surface area is 149 Å². The van der Waals surface area contributed by atoms with Crippen molar-refractivity contribution in [3.05, 3.63) is 30.3 Å². The van der Waals surface area contributed by atoms with Gasteiger partial charge in [0.05, 0.1) is 72.7 Å². The van der Waals surface area contributed by atoms with Crippen molar-refractivity contribution in [1.29, 1.82) is 0 Å². The molecule has 0 aromatic heterocycles. The topological polar surface area (TPSA) is 75.6 Å². The van der Waals surface area contributed by atoms with Crippen LogP contribution in [0.5, 0.6) is 5.75 Å². The zero-order chi connectivity index (χ0) is 17.8. The van der Waals surface area contributed by atoms with E-state index in [0.717, 1.165) is 5.75 Å². The van der Waals surface area contributed by atoms with Gasteiger partial charge >= 0.3 is 0 Å². The molecule has 0 heterocycles. The number of hydrogen-bond donors (Lipinski definition) is 1. The van der Waals surface area contributed by atoms with Gasteiger partial charge in [-0.1, -0.05) is 12.1 Å². The van der Waals surface area contributed by atoms with E-state index >= 15 is 0 Å². The van der Waals surface area contributed by atoms with Crippen LogP contribution < -0.4 is 4.74 Å². The Morgan fingerprint density at radius 1 is 0.600 bits per heavy atom. The molecule has 1 rings (SSSR count). The summed E-state index contributed by atoms with van der Waals surface area (Å²) in [5.41, 5.74) is 0. The van der Waals surface area contributed by atoms with Crippen molar-refractivity contribution in [3.8, 4) is 5.75 Å². The van der Waals surface area contributed by atoms with Gasteiger partial charge in [0.15, 0.2) is 0 Å². The minimum Gasteiger partial charge on any atom is -0.491 e. The highest BCUT2D eigenvalue weighted by Gasteiger charge is 1.94. The summed E-state index contributed by atoms with van der Waals surface area (Å²) in [7, 11) is 0. The lowest BCUT2D eigenvalue weighted by molar-refractivity contribution is -0.0146. The zero-order valence-electron chi connectivity index (χ0n) is 14.7. The lowest BCUT2D eigenvalue weighted by Crippen LogP contribution is -2.14. The van der Waals surface area contributed by atoms with Crippen molar-refractivity contribution in [2.75, 3.05) is 79.3 Å². The Morgan fingerprint density at radius 3 is 1.44 bits per heavy atom. The molecule has 0 amide bonds. The molecular weight excluding hydrogens is 328 g/mol. The third-order valence-electron chi connectivity index (χ3n) is 2.91. The van der Waals surface area contributed by atoms with E-state index in [1.54, 1.807) is 0 Å². The molecule has 0 fully saturated rings. The third-order valence-corrected chi connectivity index (χ3v) is 2.91. The summed E-state index contributed by atoms with van der Waals surface area (Å²) < 4.78 is 32.0. The van der Waals surface area contributed by atoms with Crippen molar-refractivity contribution in [2.45, 2.75) is 0 Å². The maximum absolute atomic E-state index is 8.51. The van der Waals surface area contributed by atoms with Crippen LogP contribution in [0.4, 0.5) is 0 Å². The monoisotopic (exact) mass is 357 g/mol. The van der Waals surface area contributed by atoms with Gasteiger partial charge in [-0.05, 0) is 18.2 Å². The first-order valence-corrected chi connectivity index (χ1v) is 8.52. The lowest BCUT2D eigenvalue weighted by atomic mass is 10.3. The highest BCUT2D eigenvalue weighted by atomic mass is 16.6. The molecule has 0 aliphatic carbocycles. The summed E-state index contributed by atoms with van der Waals surface area (Å²) in [6, 6.07) is 10.3. The van der Waals surface area contributed by atoms with Crippen LogP contribution in [0.1, 0.15) is 0 Å². The average molecular weight is 357 g/mol. The van der Waals surface area contributed by atoms with Crippen LogP contribution in [0.3, 0.4) is 0 Å². The summed E-state index contributed by atoms with van der Waals surface area (Å²) in [4.78, 5) is 0. The third kappa shape index (κ3) is 14.8. The van der Waals surface area contributed by atoms with E-state index in [4.69, 9.17) is 33.5 Å². The highest BCUT2D eigenvalue weighted by Crippen LogP contribution is 2.07. The number of ether oxygens (including phenoxy) is 6. The first kappa shape index (κ1) is 21.8. The fourth-order valence-electron chi connectivity index (χ4n) is 1.73. The molecule has 0 aliphatic heterocycles. The molecule has 1 aromatic carbocycles. The van der Waals surface area contributed by atoms with Crippen LogP contribution in [0.15, 0.2) is 24.3 Å². The van der Waals surface area contributed by atoms with Crippen LogP contribution in [0.25, 0.3) is 0 Å². The molecule has 7 nitrogen and oxygen atoms in total. The van der Waals surface area contributed by atoms with Crippen molar-refractivity contribution in [2.24, 2.45) is 0 Å². The molecule has 0 unspecified atom stereocenters. The van der Waals surface area contributed by atoms with E-state index in [1.165, 1.54) is 0 Å². The standard InChI is InChI=1S/C18H29O7/c19-6-7-20-8-9-21-10-11-22-12-13-23-14-15-24-16-17-25-18-4-2-1-3-5-18/h2-5,19H,6-17H2. The normalized spacial score (nSPS) is 10.9. The number of benzene rings is 1. The van der Waals surface area contributed by atoms with E-state index in [-0.39, 0.29) is 6.61 Å². The van der Waals surface area contributed by atoms with Crippen molar-refractivity contribution in [1.82, 2.24) is 0 Å². The van der Waals surface area contributed by atoms with Crippen molar-refractivity contribution in [3.63, 3.8) is 0 Å². The Bertz CT molecular complexity index is 375. The Hall–Kier alpha value is -1.22. The second kappa shape index (κ2) is 17.6. The molecule has 0 bridgehead atoms. The fraction of sp³-hybridized carbons (Fsp3) is 0.667. The predicted molar refractivity (Wildman–Crippen MR) is 92.0 cm³/mol. The summed E-state index contributed by atoms with van der Waals surface area (Å²) in [5.74, 6) is 0.817. The second-order valence-corrected chi connectivity index (χ2v) is 4.87. The molecule has 0 spiro atoms. The molecule has 0 saturated carbocycles. The van der Waals surface area contributed by atoms with E-state index in [2.05, 4.69) is 6.07 Å². The molecule has 143 valence electrons. The minimum absolute atomic E-state index is 0.0363. The Balaban J connectivity index is 1.69. The number of rotatable bonds is 18. The van der Waals surface area contributed by atoms with Gasteiger partial charge < -0.3 is 33.5 Å². The zero-order valence-corrected chi connectivity index (χ0v) is 14.7. The largest absolute Gasteiger partial charge is 0.491 e. The lowest BCUT2D eigenvalue weighted by Gasteiger charge is -2.08. The van der Waals surface area contributed by atoms with Gasteiger partial charge in [0.1, 0.15) is 12.4 Å². The number of hydrogen-bond acceptors (Lipinski definition) is 7. The molecule has 25 heavy (non-hydrogen) atoms. The molecule has 1 radical (unpaired) electrons. The second-order valence-electron chi connectivity index (χ2n) is 4.87. The van der Waals surface area contributed by atoms with Gasteiger partial charge in [-0.3, -0.25) is 0 Å². The van der Waals surface area contributed by atoms with Crippen LogP contribution in [-0.4, -0.2) is 84.4 Å². The maximum atomic E-state index is 8.51. The van der Waals surface area contributed by atoms with E-state index < -0.39 is 0 Å². The maximum Gasteiger partial charge on any atom is 0.119 e. The summed E-state index contributed by atoms with van der Waals surface area (Å²) in [6.07, 6.45) is 0.